The highest BCUT2D eigenvalue weighted by Crippen LogP contribution is 2.16. The highest BCUT2D eigenvalue weighted by Gasteiger charge is 2.15. The molecule has 2 rings (SSSR count). The van der Waals surface area contributed by atoms with Crippen LogP contribution >= 0.6 is 0 Å². The molecule has 0 bridgehead atoms. The number of carbonyl (C=O) groups excluding carboxylic acids is 1. The lowest BCUT2D eigenvalue weighted by Gasteiger charge is -2.19. The molecule has 1 heterocycles. The molecule has 1 aromatic carbocycles. The molecular weight excluding hydrogens is 324 g/mol. The summed E-state index contributed by atoms with van der Waals surface area (Å²) in [7, 11) is 0. The molecule has 2 aromatic rings. The number of rotatable bonds is 5. The van der Waals surface area contributed by atoms with E-state index in [2.05, 4.69) is 20.6 Å². The lowest BCUT2D eigenvalue weighted by atomic mass is 10.2. The van der Waals surface area contributed by atoms with Gasteiger partial charge in [-0.1, -0.05) is 6.07 Å². The minimum atomic E-state index is -1.01. The molecule has 0 saturated carbocycles. The molecule has 0 spiro atoms. The van der Waals surface area contributed by atoms with Crippen molar-refractivity contribution in [1.82, 2.24) is 15.3 Å². The summed E-state index contributed by atoms with van der Waals surface area (Å²) in [6.45, 7) is 5.53. The van der Waals surface area contributed by atoms with E-state index in [1.54, 1.807) is 39.0 Å². The third kappa shape index (κ3) is 6.09. The summed E-state index contributed by atoms with van der Waals surface area (Å²) >= 11 is 0. The Hall–Kier alpha value is -3.16. The van der Waals surface area contributed by atoms with Gasteiger partial charge in [0.15, 0.2) is 0 Å². The Morgan fingerprint density at radius 1 is 1.20 bits per heavy atom. The van der Waals surface area contributed by atoms with E-state index < -0.39 is 17.7 Å². The number of aromatic nitrogens is 2. The number of carboxylic acids is 1. The number of aromatic carboxylic acids is 1. The van der Waals surface area contributed by atoms with Gasteiger partial charge in [0.25, 0.3) is 0 Å². The minimum Gasteiger partial charge on any atom is -0.478 e. The van der Waals surface area contributed by atoms with E-state index in [9.17, 15) is 9.59 Å². The van der Waals surface area contributed by atoms with Crippen LogP contribution in [-0.2, 0) is 11.3 Å². The lowest BCUT2D eigenvalue weighted by molar-refractivity contribution is 0.0522. The van der Waals surface area contributed by atoms with Crippen molar-refractivity contribution in [3.63, 3.8) is 0 Å². The maximum Gasteiger partial charge on any atom is 0.407 e. The zero-order valence-corrected chi connectivity index (χ0v) is 14.2. The Balaban J connectivity index is 2.00. The highest BCUT2D eigenvalue weighted by molar-refractivity contribution is 5.89. The number of benzene rings is 1. The Labute approximate surface area is 145 Å². The summed E-state index contributed by atoms with van der Waals surface area (Å²) < 4.78 is 5.16. The van der Waals surface area contributed by atoms with Gasteiger partial charge < -0.3 is 20.5 Å². The fraction of sp³-hybridized carbons (Fsp3) is 0.294. The molecule has 3 N–H and O–H groups in total. The summed E-state index contributed by atoms with van der Waals surface area (Å²) in [5.41, 5.74) is 0.769. The zero-order valence-electron chi connectivity index (χ0n) is 14.2. The van der Waals surface area contributed by atoms with Gasteiger partial charge in [-0.2, -0.15) is 0 Å². The number of ether oxygens (including phenoxy) is 1. The van der Waals surface area contributed by atoms with Gasteiger partial charge in [0, 0.05) is 11.8 Å². The second-order valence-corrected chi connectivity index (χ2v) is 6.26. The van der Waals surface area contributed by atoms with E-state index in [4.69, 9.17) is 9.84 Å². The van der Waals surface area contributed by atoms with Crippen LogP contribution in [0.25, 0.3) is 0 Å². The van der Waals surface area contributed by atoms with Crippen molar-refractivity contribution in [1.29, 1.82) is 0 Å². The average molecular weight is 344 g/mol. The predicted octanol–water partition coefficient (Wildman–Crippen LogP) is 2.94. The number of carboxylic acid groups (broad SMARTS) is 1. The van der Waals surface area contributed by atoms with E-state index >= 15 is 0 Å². The van der Waals surface area contributed by atoms with Crippen LogP contribution in [0, 0.1) is 0 Å². The minimum absolute atomic E-state index is 0.172. The number of carbonyl (C=O) groups is 2. The molecule has 0 atom stereocenters. The molecule has 8 heteroatoms. The first-order valence-corrected chi connectivity index (χ1v) is 7.61. The predicted molar refractivity (Wildman–Crippen MR) is 91.8 cm³/mol. The summed E-state index contributed by atoms with van der Waals surface area (Å²) in [4.78, 5) is 30.8. The SMILES string of the molecule is CC(C)(C)OC(=O)NCc1cc(Nc2cccc(C(=O)O)c2)ncn1. The lowest BCUT2D eigenvalue weighted by Crippen LogP contribution is -2.32. The van der Waals surface area contributed by atoms with Gasteiger partial charge in [-0.05, 0) is 39.0 Å². The molecule has 25 heavy (non-hydrogen) atoms. The van der Waals surface area contributed by atoms with Crippen LogP contribution in [0.2, 0.25) is 0 Å². The van der Waals surface area contributed by atoms with Crippen molar-refractivity contribution in [2.75, 3.05) is 5.32 Å². The zero-order chi connectivity index (χ0) is 18.4. The van der Waals surface area contributed by atoms with E-state index in [-0.39, 0.29) is 12.1 Å². The van der Waals surface area contributed by atoms with Crippen LogP contribution in [0.3, 0.4) is 0 Å². The van der Waals surface area contributed by atoms with Gasteiger partial charge in [0.1, 0.15) is 17.7 Å². The summed E-state index contributed by atoms with van der Waals surface area (Å²) in [5.74, 6) is -0.521. The smallest absolute Gasteiger partial charge is 0.407 e. The third-order valence-corrected chi connectivity index (χ3v) is 2.92. The molecule has 1 aromatic heterocycles. The van der Waals surface area contributed by atoms with Crippen molar-refractivity contribution < 1.29 is 19.4 Å². The van der Waals surface area contributed by atoms with Crippen molar-refractivity contribution in [3.05, 3.63) is 47.9 Å². The first-order chi connectivity index (χ1) is 11.7. The fourth-order valence-corrected chi connectivity index (χ4v) is 1.92. The van der Waals surface area contributed by atoms with Crippen LogP contribution in [0.4, 0.5) is 16.3 Å². The molecule has 0 aliphatic carbocycles. The summed E-state index contributed by atoms with van der Waals surface area (Å²) in [5, 5.41) is 14.6. The molecule has 8 nitrogen and oxygen atoms in total. The number of alkyl carbamates (subject to hydrolysis) is 1. The normalized spacial score (nSPS) is 10.8. The number of nitrogens with zero attached hydrogens (tertiary/aromatic N) is 2. The molecule has 0 aliphatic rings. The molecule has 0 fully saturated rings. The first kappa shape index (κ1) is 18.2. The second kappa shape index (κ2) is 7.61. The van der Waals surface area contributed by atoms with Crippen LogP contribution in [0.1, 0.15) is 36.8 Å². The number of hydrogen-bond donors (Lipinski definition) is 3. The summed E-state index contributed by atoms with van der Waals surface area (Å²) in [6, 6.07) is 8.03. The Bertz CT molecular complexity index is 771. The number of nitrogens with one attached hydrogen (secondary N) is 2. The van der Waals surface area contributed by atoms with E-state index in [1.807, 2.05) is 0 Å². The van der Waals surface area contributed by atoms with E-state index in [1.165, 1.54) is 18.5 Å². The largest absolute Gasteiger partial charge is 0.478 e. The van der Waals surface area contributed by atoms with E-state index in [0.717, 1.165) is 0 Å². The van der Waals surface area contributed by atoms with Crippen LogP contribution in [-0.4, -0.2) is 32.7 Å². The highest BCUT2D eigenvalue weighted by atomic mass is 16.6. The molecule has 132 valence electrons. The van der Waals surface area contributed by atoms with Crippen molar-refractivity contribution >= 4 is 23.6 Å². The molecule has 0 radical (unpaired) electrons. The molecule has 0 aliphatic heterocycles. The monoisotopic (exact) mass is 344 g/mol. The number of anilines is 2. The number of amides is 1. The quantitative estimate of drug-likeness (QED) is 0.764. The second-order valence-electron chi connectivity index (χ2n) is 6.26. The van der Waals surface area contributed by atoms with Crippen LogP contribution in [0.15, 0.2) is 36.7 Å². The third-order valence-electron chi connectivity index (χ3n) is 2.92. The maximum absolute atomic E-state index is 11.7. The van der Waals surface area contributed by atoms with Gasteiger partial charge in [-0.25, -0.2) is 19.6 Å². The topological polar surface area (TPSA) is 113 Å². The first-order valence-electron chi connectivity index (χ1n) is 7.61. The van der Waals surface area contributed by atoms with Gasteiger partial charge in [0.05, 0.1) is 17.8 Å². The van der Waals surface area contributed by atoms with Gasteiger partial charge in [0.2, 0.25) is 0 Å². The summed E-state index contributed by atoms with van der Waals surface area (Å²) in [6.07, 6.45) is 0.824. The molecule has 0 saturated heterocycles. The Kier molecular flexibility index (Phi) is 5.53. The Morgan fingerprint density at radius 3 is 2.64 bits per heavy atom. The van der Waals surface area contributed by atoms with Gasteiger partial charge >= 0.3 is 12.1 Å². The molecule has 1 amide bonds. The van der Waals surface area contributed by atoms with Gasteiger partial charge in [-0.15, -0.1) is 0 Å². The van der Waals surface area contributed by atoms with Crippen LogP contribution in [0.5, 0.6) is 0 Å². The van der Waals surface area contributed by atoms with Crippen molar-refractivity contribution in [3.8, 4) is 0 Å². The molecule has 0 unspecified atom stereocenters. The average Bonchev–Trinajstić information content (AvgIpc) is 2.52. The standard InChI is InChI=1S/C17H20N4O4/c1-17(2,3)25-16(24)18-9-13-8-14(20-10-19-13)21-12-6-4-5-11(7-12)15(22)23/h4-8,10H,9H2,1-3H3,(H,18,24)(H,22,23)(H,19,20,21). The fourth-order valence-electron chi connectivity index (χ4n) is 1.92. The van der Waals surface area contributed by atoms with Crippen LogP contribution < -0.4 is 10.6 Å². The molecular formula is C17H20N4O4. The van der Waals surface area contributed by atoms with Crippen molar-refractivity contribution in [2.24, 2.45) is 0 Å². The van der Waals surface area contributed by atoms with E-state index in [0.29, 0.717) is 17.2 Å². The van der Waals surface area contributed by atoms with Crippen molar-refractivity contribution in [2.45, 2.75) is 32.9 Å². The number of hydrogen-bond acceptors (Lipinski definition) is 6. The maximum atomic E-state index is 11.7. The Morgan fingerprint density at radius 2 is 1.96 bits per heavy atom. The van der Waals surface area contributed by atoms with Gasteiger partial charge in [-0.3, -0.25) is 0 Å².